The lowest BCUT2D eigenvalue weighted by molar-refractivity contribution is -0.152. The summed E-state index contributed by atoms with van der Waals surface area (Å²) >= 11 is 0. The van der Waals surface area contributed by atoms with Crippen molar-refractivity contribution in [3.63, 3.8) is 0 Å². The Bertz CT molecular complexity index is 928. The number of aliphatic imine (C=N–C) groups is 1. The zero-order chi connectivity index (χ0) is 19.7. The third-order valence-corrected chi connectivity index (χ3v) is 5.39. The second-order valence-electron chi connectivity index (χ2n) is 7.26. The Morgan fingerprint density at radius 3 is 2.14 bits per heavy atom. The highest BCUT2D eigenvalue weighted by Crippen LogP contribution is 2.24. The molecule has 2 atom stereocenters. The van der Waals surface area contributed by atoms with Crippen molar-refractivity contribution in [1.82, 2.24) is 4.90 Å². The Morgan fingerprint density at radius 1 is 0.857 bits per heavy atom. The van der Waals surface area contributed by atoms with E-state index in [2.05, 4.69) is 4.99 Å². The predicted molar refractivity (Wildman–Crippen MR) is 104 cm³/mol. The number of hydrogen-bond donors (Lipinski definition) is 2. The Kier molecular flexibility index (Phi) is 5.07. The van der Waals surface area contributed by atoms with Crippen LogP contribution in [-0.2, 0) is 29.1 Å². The van der Waals surface area contributed by atoms with Gasteiger partial charge in [0, 0.05) is 13.1 Å². The van der Waals surface area contributed by atoms with E-state index in [4.69, 9.17) is 0 Å². The van der Waals surface area contributed by atoms with E-state index >= 15 is 0 Å². The topological polar surface area (TPSA) is 90.2 Å². The molecular formula is C22H22N2O4. The zero-order valence-corrected chi connectivity index (χ0v) is 15.4. The summed E-state index contributed by atoms with van der Waals surface area (Å²) in [6.45, 7) is 0.712. The third-order valence-electron chi connectivity index (χ3n) is 5.39. The second kappa shape index (κ2) is 7.66. The van der Waals surface area contributed by atoms with Crippen molar-refractivity contribution in [2.45, 2.75) is 44.6 Å². The molecule has 4 rings (SSSR count). The van der Waals surface area contributed by atoms with E-state index in [1.165, 1.54) is 4.90 Å². The van der Waals surface area contributed by atoms with Gasteiger partial charge >= 0.3 is 0 Å². The minimum absolute atomic E-state index is 0.356. The second-order valence-corrected chi connectivity index (χ2v) is 7.26. The minimum Gasteiger partial charge on any atom is -0.380 e. The van der Waals surface area contributed by atoms with Crippen LogP contribution >= 0.6 is 0 Å². The van der Waals surface area contributed by atoms with Crippen LogP contribution in [0.4, 0.5) is 0 Å². The van der Waals surface area contributed by atoms with Crippen LogP contribution < -0.4 is 0 Å². The van der Waals surface area contributed by atoms with Gasteiger partial charge in [-0.3, -0.25) is 9.59 Å². The molecule has 0 unspecified atom stereocenters. The van der Waals surface area contributed by atoms with Crippen molar-refractivity contribution in [3.8, 4) is 0 Å². The van der Waals surface area contributed by atoms with Gasteiger partial charge in [0.05, 0.1) is 5.71 Å². The fourth-order valence-electron chi connectivity index (χ4n) is 3.86. The molecule has 2 aromatic rings. The first kappa shape index (κ1) is 18.5. The molecule has 0 aromatic heterocycles. The van der Waals surface area contributed by atoms with Crippen molar-refractivity contribution in [1.29, 1.82) is 0 Å². The molecule has 2 N–H and O–H groups in total. The minimum atomic E-state index is -1.88. The molecule has 2 aliphatic rings. The van der Waals surface area contributed by atoms with Gasteiger partial charge in [0.2, 0.25) is 0 Å². The maximum Gasteiger partial charge on any atom is 0.278 e. The predicted octanol–water partition coefficient (Wildman–Crippen LogP) is 1.60. The number of carbonyl (C=O) groups is 2. The van der Waals surface area contributed by atoms with Crippen LogP contribution in [-0.4, -0.2) is 44.8 Å². The SMILES string of the molecule is O=C(N=C1CCCc2ccccc21)[C@H](O)[C@@H](O)C(=O)N1Cc2ccccc2C1. The van der Waals surface area contributed by atoms with E-state index in [0.717, 1.165) is 35.1 Å². The summed E-state index contributed by atoms with van der Waals surface area (Å²) in [5.74, 6) is -1.55. The van der Waals surface area contributed by atoms with Crippen LogP contribution in [0.2, 0.25) is 0 Å². The van der Waals surface area contributed by atoms with Crippen LogP contribution in [0, 0.1) is 0 Å². The fraction of sp³-hybridized carbons (Fsp3) is 0.318. The lowest BCUT2D eigenvalue weighted by Gasteiger charge is -2.22. The van der Waals surface area contributed by atoms with Crippen molar-refractivity contribution < 1.29 is 19.8 Å². The first-order valence-electron chi connectivity index (χ1n) is 9.46. The van der Waals surface area contributed by atoms with Crippen LogP contribution in [0.1, 0.15) is 35.1 Å². The van der Waals surface area contributed by atoms with E-state index in [0.29, 0.717) is 25.2 Å². The molecule has 6 heteroatoms. The lowest BCUT2D eigenvalue weighted by Crippen LogP contribution is -2.45. The molecular weight excluding hydrogens is 356 g/mol. The first-order chi connectivity index (χ1) is 13.5. The molecule has 2 aromatic carbocycles. The molecule has 144 valence electrons. The fourth-order valence-corrected chi connectivity index (χ4v) is 3.86. The molecule has 28 heavy (non-hydrogen) atoms. The molecule has 1 aliphatic heterocycles. The summed E-state index contributed by atoms with van der Waals surface area (Å²) in [4.78, 5) is 30.5. The van der Waals surface area contributed by atoms with Crippen LogP contribution in [0.3, 0.4) is 0 Å². The number of rotatable bonds is 3. The molecule has 0 radical (unpaired) electrons. The van der Waals surface area contributed by atoms with Gasteiger partial charge in [-0.1, -0.05) is 48.5 Å². The maximum absolute atomic E-state index is 12.6. The molecule has 2 amide bonds. The molecule has 6 nitrogen and oxygen atoms in total. The highest BCUT2D eigenvalue weighted by atomic mass is 16.3. The summed E-state index contributed by atoms with van der Waals surface area (Å²) in [6.07, 6.45) is -1.29. The normalized spacial score (nSPS) is 19.1. The Hall–Kier alpha value is -2.83. The lowest BCUT2D eigenvalue weighted by atomic mass is 9.90. The molecule has 0 spiro atoms. The number of aliphatic hydroxyl groups is 2. The number of carbonyl (C=O) groups excluding carboxylic acids is 2. The van der Waals surface area contributed by atoms with Gasteiger partial charge in [-0.25, -0.2) is 4.99 Å². The van der Waals surface area contributed by atoms with Gasteiger partial charge in [0.15, 0.2) is 12.2 Å². The number of hydrogen-bond acceptors (Lipinski definition) is 4. The van der Waals surface area contributed by atoms with Gasteiger partial charge in [0.25, 0.3) is 11.8 Å². The van der Waals surface area contributed by atoms with Crippen molar-refractivity contribution >= 4 is 17.5 Å². The van der Waals surface area contributed by atoms with Gasteiger partial charge in [-0.2, -0.15) is 0 Å². The van der Waals surface area contributed by atoms with Gasteiger partial charge in [-0.15, -0.1) is 0 Å². The quantitative estimate of drug-likeness (QED) is 0.849. The number of amides is 2. The van der Waals surface area contributed by atoms with Crippen LogP contribution in [0.25, 0.3) is 0 Å². The molecule has 0 bridgehead atoms. The molecule has 0 fully saturated rings. The Morgan fingerprint density at radius 2 is 1.46 bits per heavy atom. The van der Waals surface area contributed by atoms with E-state index in [1.807, 2.05) is 48.5 Å². The number of nitrogens with zero attached hydrogens (tertiary/aromatic N) is 2. The number of benzene rings is 2. The molecule has 1 heterocycles. The summed E-state index contributed by atoms with van der Waals surface area (Å²) in [7, 11) is 0. The smallest absolute Gasteiger partial charge is 0.278 e. The van der Waals surface area contributed by atoms with E-state index in [-0.39, 0.29) is 0 Å². The summed E-state index contributed by atoms with van der Waals surface area (Å²) < 4.78 is 0. The third kappa shape index (κ3) is 3.48. The van der Waals surface area contributed by atoms with Crippen LogP contribution in [0.5, 0.6) is 0 Å². The van der Waals surface area contributed by atoms with Gasteiger partial charge in [0.1, 0.15) is 0 Å². The van der Waals surface area contributed by atoms with Gasteiger partial charge in [-0.05, 0) is 41.5 Å². The first-order valence-corrected chi connectivity index (χ1v) is 9.46. The number of fused-ring (bicyclic) bond motifs is 2. The average molecular weight is 378 g/mol. The van der Waals surface area contributed by atoms with Crippen molar-refractivity contribution in [2.24, 2.45) is 4.99 Å². The van der Waals surface area contributed by atoms with Crippen LogP contribution in [0.15, 0.2) is 53.5 Å². The maximum atomic E-state index is 12.6. The molecule has 1 aliphatic carbocycles. The van der Waals surface area contributed by atoms with Crippen molar-refractivity contribution in [2.75, 3.05) is 0 Å². The van der Waals surface area contributed by atoms with Gasteiger partial charge < -0.3 is 15.1 Å². The standard InChI is InChI=1S/C22H22N2O4/c25-19(20(26)22(28)24-12-15-7-1-2-8-16(15)13-24)21(27)23-18-11-5-9-14-6-3-4-10-17(14)18/h1-4,6-8,10,19-20,25-26H,5,9,11-13H2/t19-,20-/m1/s1. The Labute approximate surface area is 163 Å². The highest BCUT2D eigenvalue weighted by molar-refractivity contribution is 6.09. The molecule has 0 saturated heterocycles. The summed E-state index contributed by atoms with van der Waals surface area (Å²) in [5.41, 5.74) is 4.61. The monoisotopic (exact) mass is 378 g/mol. The highest BCUT2D eigenvalue weighted by Gasteiger charge is 2.35. The zero-order valence-electron chi connectivity index (χ0n) is 15.4. The van der Waals surface area contributed by atoms with E-state index in [1.54, 1.807) is 0 Å². The summed E-state index contributed by atoms with van der Waals surface area (Å²) in [6, 6.07) is 15.3. The largest absolute Gasteiger partial charge is 0.380 e. The Balaban J connectivity index is 1.46. The number of aryl methyl sites for hydroxylation is 1. The van der Waals surface area contributed by atoms with E-state index in [9.17, 15) is 19.8 Å². The number of aliphatic hydroxyl groups excluding tert-OH is 2. The summed E-state index contributed by atoms with van der Waals surface area (Å²) in [5, 5.41) is 20.5. The van der Waals surface area contributed by atoms with E-state index < -0.39 is 24.0 Å². The van der Waals surface area contributed by atoms with Crippen molar-refractivity contribution in [3.05, 3.63) is 70.8 Å². The molecule has 0 saturated carbocycles. The average Bonchev–Trinajstić information content (AvgIpc) is 3.16.